The van der Waals surface area contributed by atoms with E-state index in [2.05, 4.69) is 11.8 Å². The number of piperidine rings is 1. The monoisotopic (exact) mass is 278 g/mol. The SMILES string of the molecule is CCOc1ccc(N)cc1CN1CCC(OCC)CC1. The number of nitrogens with two attached hydrogens (primary N) is 1. The molecule has 4 heteroatoms. The molecule has 4 nitrogen and oxygen atoms in total. The van der Waals surface area contributed by atoms with Crippen molar-refractivity contribution in [3.63, 3.8) is 0 Å². The van der Waals surface area contributed by atoms with Crippen molar-refractivity contribution in [1.82, 2.24) is 4.90 Å². The average molecular weight is 278 g/mol. The first-order chi connectivity index (χ1) is 9.72. The summed E-state index contributed by atoms with van der Waals surface area (Å²) in [5, 5.41) is 0. The fourth-order valence-corrected chi connectivity index (χ4v) is 2.73. The molecule has 1 fully saturated rings. The van der Waals surface area contributed by atoms with Gasteiger partial charge in [-0.1, -0.05) is 0 Å². The van der Waals surface area contributed by atoms with Crippen LogP contribution in [0.1, 0.15) is 32.3 Å². The maximum atomic E-state index is 5.90. The second kappa shape index (κ2) is 7.50. The Bertz CT molecular complexity index is 415. The molecule has 2 N–H and O–H groups in total. The van der Waals surface area contributed by atoms with Gasteiger partial charge in [0.15, 0.2) is 0 Å². The van der Waals surface area contributed by atoms with Crippen molar-refractivity contribution in [2.24, 2.45) is 0 Å². The van der Waals surface area contributed by atoms with Crippen LogP contribution in [0.4, 0.5) is 5.69 Å². The van der Waals surface area contributed by atoms with Crippen molar-refractivity contribution in [2.45, 2.75) is 39.3 Å². The van der Waals surface area contributed by atoms with Gasteiger partial charge in [0.1, 0.15) is 5.75 Å². The van der Waals surface area contributed by atoms with Crippen LogP contribution in [0.3, 0.4) is 0 Å². The molecule has 1 aliphatic rings. The first kappa shape index (κ1) is 15.1. The van der Waals surface area contributed by atoms with E-state index in [1.165, 1.54) is 5.56 Å². The number of nitrogen functional groups attached to an aromatic ring is 1. The van der Waals surface area contributed by atoms with Crippen LogP contribution in [0.25, 0.3) is 0 Å². The van der Waals surface area contributed by atoms with E-state index in [0.29, 0.717) is 12.7 Å². The van der Waals surface area contributed by atoms with Gasteiger partial charge in [-0.25, -0.2) is 0 Å². The van der Waals surface area contributed by atoms with E-state index in [1.807, 2.05) is 25.1 Å². The highest BCUT2D eigenvalue weighted by atomic mass is 16.5. The Morgan fingerprint density at radius 3 is 2.60 bits per heavy atom. The smallest absolute Gasteiger partial charge is 0.123 e. The standard InChI is InChI=1S/C16H26N2O2/c1-3-19-15-7-9-18(10-8-15)12-13-11-14(17)5-6-16(13)20-4-2/h5-6,11,15H,3-4,7-10,12,17H2,1-2H3. The van der Waals surface area contributed by atoms with Crippen LogP contribution < -0.4 is 10.5 Å². The minimum atomic E-state index is 0.434. The summed E-state index contributed by atoms with van der Waals surface area (Å²) in [6, 6.07) is 5.90. The van der Waals surface area contributed by atoms with Crippen molar-refractivity contribution in [3.8, 4) is 5.75 Å². The van der Waals surface area contributed by atoms with Crippen LogP contribution >= 0.6 is 0 Å². The number of rotatable bonds is 6. The Balaban J connectivity index is 1.95. The maximum absolute atomic E-state index is 5.90. The molecule has 1 aromatic rings. The molecule has 0 radical (unpaired) electrons. The Morgan fingerprint density at radius 2 is 1.95 bits per heavy atom. The summed E-state index contributed by atoms with van der Waals surface area (Å²) in [7, 11) is 0. The largest absolute Gasteiger partial charge is 0.494 e. The van der Waals surface area contributed by atoms with Crippen molar-refractivity contribution < 1.29 is 9.47 Å². The number of hydrogen-bond donors (Lipinski definition) is 1. The van der Waals surface area contributed by atoms with Crippen LogP contribution in [0.15, 0.2) is 18.2 Å². The molecule has 0 saturated carbocycles. The Morgan fingerprint density at radius 1 is 1.20 bits per heavy atom. The molecule has 1 aromatic carbocycles. The van der Waals surface area contributed by atoms with Crippen molar-refractivity contribution >= 4 is 5.69 Å². The molecule has 20 heavy (non-hydrogen) atoms. The summed E-state index contributed by atoms with van der Waals surface area (Å²) in [5.74, 6) is 0.952. The topological polar surface area (TPSA) is 47.7 Å². The normalized spacial score (nSPS) is 17.3. The molecule has 1 saturated heterocycles. The predicted molar refractivity (Wildman–Crippen MR) is 81.9 cm³/mol. The van der Waals surface area contributed by atoms with Crippen LogP contribution in [0.2, 0.25) is 0 Å². The lowest BCUT2D eigenvalue weighted by Crippen LogP contribution is -2.36. The van der Waals surface area contributed by atoms with Gasteiger partial charge in [-0.15, -0.1) is 0 Å². The van der Waals surface area contributed by atoms with Crippen molar-refractivity contribution in [1.29, 1.82) is 0 Å². The lowest BCUT2D eigenvalue weighted by Gasteiger charge is -2.32. The highest BCUT2D eigenvalue weighted by Gasteiger charge is 2.20. The van der Waals surface area contributed by atoms with Gasteiger partial charge in [-0.2, -0.15) is 0 Å². The lowest BCUT2D eigenvalue weighted by molar-refractivity contribution is 0.0124. The highest BCUT2D eigenvalue weighted by molar-refractivity contribution is 5.47. The number of ether oxygens (including phenoxy) is 2. The van der Waals surface area contributed by atoms with E-state index in [9.17, 15) is 0 Å². The minimum absolute atomic E-state index is 0.434. The second-order valence-electron chi connectivity index (χ2n) is 5.23. The minimum Gasteiger partial charge on any atom is -0.494 e. The van der Waals surface area contributed by atoms with Gasteiger partial charge in [0, 0.05) is 37.5 Å². The zero-order valence-corrected chi connectivity index (χ0v) is 12.6. The second-order valence-corrected chi connectivity index (χ2v) is 5.23. The third-order valence-electron chi connectivity index (χ3n) is 3.72. The summed E-state index contributed by atoms with van der Waals surface area (Å²) in [4.78, 5) is 2.45. The molecule has 0 atom stereocenters. The van der Waals surface area contributed by atoms with Gasteiger partial charge >= 0.3 is 0 Å². The zero-order chi connectivity index (χ0) is 14.4. The van der Waals surface area contributed by atoms with Crippen LogP contribution in [0, 0.1) is 0 Å². The molecular weight excluding hydrogens is 252 g/mol. The summed E-state index contributed by atoms with van der Waals surface area (Å²) in [6.07, 6.45) is 2.66. The highest BCUT2D eigenvalue weighted by Crippen LogP contribution is 2.25. The van der Waals surface area contributed by atoms with E-state index in [-0.39, 0.29) is 0 Å². The third kappa shape index (κ3) is 4.12. The zero-order valence-electron chi connectivity index (χ0n) is 12.6. The van der Waals surface area contributed by atoms with E-state index in [4.69, 9.17) is 15.2 Å². The Kier molecular flexibility index (Phi) is 5.68. The molecule has 1 heterocycles. The van der Waals surface area contributed by atoms with E-state index >= 15 is 0 Å². The van der Waals surface area contributed by atoms with E-state index < -0.39 is 0 Å². The summed E-state index contributed by atoms with van der Waals surface area (Å²) in [6.45, 7) is 8.62. The maximum Gasteiger partial charge on any atom is 0.123 e. The molecule has 1 aliphatic heterocycles. The molecule has 0 bridgehead atoms. The molecule has 0 aliphatic carbocycles. The van der Waals surface area contributed by atoms with Crippen LogP contribution in [-0.4, -0.2) is 37.3 Å². The first-order valence-corrected chi connectivity index (χ1v) is 7.58. The van der Waals surface area contributed by atoms with Gasteiger partial charge in [0.2, 0.25) is 0 Å². The summed E-state index contributed by atoms with van der Waals surface area (Å²) in [5.41, 5.74) is 7.88. The molecule has 0 spiro atoms. The fraction of sp³-hybridized carbons (Fsp3) is 0.625. The van der Waals surface area contributed by atoms with Gasteiger partial charge in [0.25, 0.3) is 0 Å². The van der Waals surface area contributed by atoms with Crippen LogP contribution in [-0.2, 0) is 11.3 Å². The van der Waals surface area contributed by atoms with Gasteiger partial charge < -0.3 is 15.2 Å². The molecule has 112 valence electrons. The summed E-state index contributed by atoms with van der Waals surface area (Å²) >= 11 is 0. The number of hydrogen-bond acceptors (Lipinski definition) is 4. The average Bonchev–Trinajstić information content (AvgIpc) is 2.44. The quantitative estimate of drug-likeness (QED) is 0.813. The first-order valence-electron chi connectivity index (χ1n) is 7.58. The molecular formula is C16H26N2O2. The van der Waals surface area contributed by atoms with E-state index in [0.717, 1.165) is 50.5 Å². The molecule has 2 rings (SSSR count). The molecule has 0 aromatic heterocycles. The van der Waals surface area contributed by atoms with Gasteiger partial charge in [0.05, 0.1) is 12.7 Å². The Labute approximate surface area is 121 Å². The number of anilines is 1. The van der Waals surface area contributed by atoms with Gasteiger partial charge in [-0.05, 0) is 44.9 Å². The Hall–Kier alpha value is -1.26. The fourth-order valence-electron chi connectivity index (χ4n) is 2.73. The van der Waals surface area contributed by atoms with Gasteiger partial charge in [-0.3, -0.25) is 4.90 Å². The number of likely N-dealkylation sites (tertiary alicyclic amines) is 1. The predicted octanol–water partition coefficient (Wildman–Crippen LogP) is 2.67. The van der Waals surface area contributed by atoms with Crippen molar-refractivity contribution in [2.75, 3.05) is 32.0 Å². The number of nitrogens with zero attached hydrogens (tertiary/aromatic N) is 1. The molecule has 0 amide bonds. The van der Waals surface area contributed by atoms with E-state index in [1.54, 1.807) is 0 Å². The summed E-state index contributed by atoms with van der Waals surface area (Å²) < 4.78 is 11.4. The molecule has 0 unspecified atom stereocenters. The number of benzene rings is 1. The third-order valence-corrected chi connectivity index (χ3v) is 3.72. The van der Waals surface area contributed by atoms with Crippen molar-refractivity contribution in [3.05, 3.63) is 23.8 Å². The lowest BCUT2D eigenvalue weighted by atomic mass is 10.1. The van der Waals surface area contributed by atoms with Crippen LogP contribution in [0.5, 0.6) is 5.75 Å².